The standard InChI is InChI=1S/C12H15Cl2NO3/c1-7(12(16)17-3)18-11-8(6-15-2)4-9(13)5-10(11)14/h4-5,7,15H,6H2,1-3H3. The number of carbonyl (C=O) groups excluding carboxylic acids is 1. The third kappa shape index (κ3) is 3.77. The van der Waals surface area contributed by atoms with Crippen molar-refractivity contribution in [2.75, 3.05) is 14.2 Å². The molecule has 100 valence electrons. The third-order valence-corrected chi connectivity index (χ3v) is 2.78. The summed E-state index contributed by atoms with van der Waals surface area (Å²) in [6, 6.07) is 3.31. The molecule has 0 aliphatic rings. The maximum absolute atomic E-state index is 11.3. The summed E-state index contributed by atoms with van der Waals surface area (Å²) in [6.07, 6.45) is -0.732. The van der Waals surface area contributed by atoms with Crippen LogP contribution in [-0.4, -0.2) is 26.2 Å². The van der Waals surface area contributed by atoms with Crippen LogP contribution in [0, 0.1) is 0 Å². The van der Waals surface area contributed by atoms with Crippen molar-refractivity contribution >= 4 is 29.2 Å². The molecule has 1 rings (SSSR count). The summed E-state index contributed by atoms with van der Waals surface area (Å²) in [5.74, 6) is -0.0234. The van der Waals surface area contributed by atoms with Crippen molar-refractivity contribution in [3.63, 3.8) is 0 Å². The van der Waals surface area contributed by atoms with Gasteiger partial charge in [-0.15, -0.1) is 0 Å². The number of halogens is 2. The summed E-state index contributed by atoms with van der Waals surface area (Å²) in [5, 5.41) is 3.86. The predicted molar refractivity (Wildman–Crippen MR) is 71.3 cm³/mol. The van der Waals surface area contributed by atoms with Gasteiger partial charge in [0.25, 0.3) is 0 Å². The number of nitrogens with one attached hydrogen (secondary N) is 1. The molecule has 0 fully saturated rings. The van der Waals surface area contributed by atoms with Crippen LogP contribution in [0.25, 0.3) is 0 Å². The Hall–Kier alpha value is -0.970. The Bertz CT molecular complexity index is 438. The lowest BCUT2D eigenvalue weighted by Crippen LogP contribution is -2.25. The summed E-state index contributed by atoms with van der Waals surface area (Å²) in [5.41, 5.74) is 0.783. The largest absolute Gasteiger partial charge is 0.477 e. The van der Waals surface area contributed by atoms with Gasteiger partial charge >= 0.3 is 5.97 Å². The van der Waals surface area contributed by atoms with Gasteiger partial charge in [0, 0.05) is 17.1 Å². The topological polar surface area (TPSA) is 47.6 Å². The molecule has 0 aromatic heterocycles. The van der Waals surface area contributed by atoms with E-state index in [-0.39, 0.29) is 0 Å². The number of hydrogen-bond acceptors (Lipinski definition) is 4. The van der Waals surface area contributed by atoms with E-state index >= 15 is 0 Å². The molecule has 18 heavy (non-hydrogen) atoms. The van der Waals surface area contributed by atoms with E-state index in [0.717, 1.165) is 5.56 Å². The smallest absolute Gasteiger partial charge is 0.346 e. The van der Waals surface area contributed by atoms with Crippen LogP contribution in [-0.2, 0) is 16.1 Å². The van der Waals surface area contributed by atoms with E-state index in [1.54, 1.807) is 26.1 Å². The molecule has 1 unspecified atom stereocenters. The van der Waals surface area contributed by atoms with Gasteiger partial charge in [-0.05, 0) is 26.1 Å². The molecule has 0 aliphatic heterocycles. The molecule has 0 bridgehead atoms. The van der Waals surface area contributed by atoms with E-state index in [1.807, 2.05) is 0 Å². The first-order valence-corrected chi connectivity index (χ1v) is 6.12. The van der Waals surface area contributed by atoms with Gasteiger partial charge in [-0.1, -0.05) is 23.2 Å². The zero-order valence-electron chi connectivity index (χ0n) is 10.4. The van der Waals surface area contributed by atoms with Crippen LogP contribution in [0.15, 0.2) is 12.1 Å². The summed E-state index contributed by atoms with van der Waals surface area (Å²) >= 11 is 12.0. The fraction of sp³-hybridized carbons (Fsp3) is 0.417. The van der Waals surface area contributed by atoms with Crippen molar-refractivity contribution in [1.82, 2.24) is 5.32 Å². The molecule has 4 nitrogen and oxygen atoms in total. The quantitative estimate of drug-likeness (QED) is 0.848. The highest BCUT2D eigenvalue weighted by atomic mass is 35.5. The average molecular weight is 292 g/mol. The second-order valence-electron chi connectivity index (χ2n) is 3.69. The molecule has 1 aromatic rings. The number of methoxy groups -OCH3 is 1. The van der Waals surface area contributed by atoms with E-state index in [2.05, 4.69) is 10.1 Å². The molecule has 1 atom stereocenters. The molecule has 0 amide bonds. The minimum atomic E-state index is -0.732. The van der Waals surface area contributed by atoms with Gasteiger partial charge in [0.15, 0.2) is 6.10 Å². The van der Waals surface area contributed by atoms with Crippen molar-refractivity contribution in [3.8, 4) is 5.75 Å². The van der Waals surface area contributed by atoms with Crippen LogP contribution in [0.1, 0.15) is 12.5 Å². The van der Waals surface area contributed by atoms with E-state index in [1.165, 1.54) is 7.11 Å². The van der Waals surface area contributed by atoms with Crippen molar-refractivity contribution in [1.29, 1.82) is 0 Å². The van der Waals surface area contributed by atoms with Gasteiger partial charge < -0.3 is 14.8 Å². The Morgan fingerprint density at radius 2 is 2.11 bits per heavy atom. The number of hydrogen-bond donors (Lipinski definition) is 1. The molecule has 0 heterocycles. The molecule has 1 N–H and O–H groups in total. The highest BCUT2D eigenvalue weighted by Crippen LogP contribution is 2.33. The molecule has 0 spiro atoms. The van der Waals surface area contributed by atoms with Gasteiger partial charge in [0.2, 0.25) is 0 Å². The van der Waals surface area contributed by atoms with E-state index < -0.39 is 12.1 Å². The van der Waals surface area contributed by atoms with E-state index in [4.69, 9.17) is 27.9 Å². The normalized spacial score (nSPS) is 12.1. The van der Waals surface area contributed by atoms with Crippen molar-refractivity contribution in [3.05, 3.63) is 27.7 Å². The first kappa shape index (κ1) is 15.1. The minimum absolute atomic E-state index is 0.364. The number of rotatable bonds is 5. The molecule has 0 saturated heterocycles. The summed E-state index contributed by atoms with van der Waals surface area (Å²) in [4.78, 5) is 11.3. The van der Waals surface area contributed by atoms with Crippen LogP contribution < -0.4 is 10.1 Å². The lowest BCUT2D eigenvalue weighted by molar-refractivity contribution is -0.147. The highest BCUT2D eigenvalue weighted by Gasteiger charge is 2.19. The Labute approximate surface area is 116 Å². The molecular weight excluding hydrogens is 277 g/mol. The maximum Gasteiger partial charge on any atom is 0.346 e. The second kappa shape index (κ2) is 6.83. The fourth-order valence-corrected chi connectivity index (χ4v) is 2.04. The first-order valence-electron chi connectivity index (χ1n) is 5.36. The Balaban J connectivity index is 3.02. The van der Waals surface area contributed by atoms with Crippen molar-refractivity contribution in [2.45, 2.75) is 19.6 Å². The lowest BCUT2D eigenvalue weighted by Gasteiger charge is -2.17. The van der Waals surface area contributed by atoms with Crippen LogP contribution >= 0.6 is 23.2 Å². The maximum atomic E-state index is 11.3. The predicted octanol–water partition coefficient (Wildman–Crippen LogP) is 2.65. The van der Waals surface area contributed by atoms with E-state index in [0.29, 0.717) is 22.3 Å². The van der Waals surface area contributed by atoms with Crippen LogP contribution in [0.3, 0.4) is 0 Å². The molecule has 1 aromatic carbocycles. The molecule has 0 aliphatic carbocycles. The first-order chi connectivity index (χ1) is 8.49. The number of carbonyl (C=O) groups is 1. The SMILES string of the molecule is CNCc1cc(Cl)cc(Cl)c1OC(C)C(=O)OC. The molecule has 0 saturated carbocycles. The van der Waals surface area contributed by atoms with E-state index in [9.17, 15) is 4.79 Å². The Kier molecular flexibility index (Phi) is 5.72. The Morgan fingerprint density at radius 1 is 1.44 bits per heavy atom. The number of ether oxygens (including phenoxy) is 2. The zero-order chi connectivity index (χ0) is 13.7. The minimum Gasteiger partial charge on any atom is -0.477 e. The lowest BCUT2D eigenvalue weighted by atomic mass is 10.2. The third-order valence-electron chi connectivity index (χ3n) is 2.28. The summed E-state index contributed by atoms with van der Waals surface area (Å²) in [7, 11) is 3.10. The van der Waals surface area contributed by atoms with Crippen LogP contribution in [0.4, 0.5) is 0 Å². The summed E-state index contributed by atoms with van der Waals surface area (Å²) in [6.45, 7) is 2.13. The van der Waals surface area contributed by atoms with Gasteiger partial charge in [0.05, 0.1) is 12.1 Å². The number of benzene rings is 1. The van der Waals surface area contributed by atoms with Crippen LogP contribution in [0.5, 0.6) is 5.75 Å². The Morgan fingerprint density at radius 3 is 2.67 bits per heavy atom. The van der Waals surface area contributed by atoms with Crippen molar-refractivity contribution < 1.29 is 14.3 Å². The zero-order valence-corrected chi connectivity index (χ0v) is 11.9. The van der Waals surface area contributed by atoms with Gasteiger partial charge in [-0.2, -0.15) is 0 Å². The van der Waals surface area contributed by atoms with Gasteiger partial charge in [-0.3, -0.25) is 0 Å². The van der Waals surface area contributed by atoms with Crippen LogP contribution in [0.2, 0.25) is 10.0 Å². The molecule has 0 radical (unpaired) electrons. The van der Waals surface area contributed by atoms with Gasteiger partial charge in [0.1, 0.15) is 5.75 Å². The summed E-state index contributed by atoms with van der Waals surface area (Å²) < 4.78 is 10.1. The highest BCUT2D eigenvalue weighted by molar-refractivity contribution is 6.35. The van der Waals surface area contributed by atoms with Gasteiger partial charge in [-0.25, -0.2) is 4.79 Å². The second-order valence-corrected chi connectivity index (χ2v) is 4.53. The number of esters is 1. The van der Waals surface area contributed by atoms with Crippen molar-refractivity contribution in [2.24, 2.45) is 0 Å². The molecule has 6 heteroatoms. The molecular formula is C12H15Cl2NO3. The monoisotopic (exact) mass is 291 g/mol. The average Bonchev–Trinajstić information content (AvgIpc) is 2.32. The fourth-order valence-electron chi connectivity index (χ4n) is 1.46.